The lowest BCUT2D eigenvalue weighted by molar-refractivity contribution is 0.0788. The number of benzene rings is 1. The summed E-state index contributed by atoms with van der Waals surface area (Å²) in [5, 5.41) is 9.09. The molecule has 0 saturated heterocycles. The van der Waals surface area contributed by atoms with Crippen molar-refractivity contribution in [3.63, 3.8) is 0 Å². The van der Waals surface area contributed by atoms with Gasteiger partial charge in [0.15, 0.2) is 5.69 Å². The third kappa shape index (κ3) is 1.61. The van der Waals surface area contributed by atoms with Crippen LogP contribution in [0.5, 0.6) is 0 Å². The molecule has 0 bridgehead atoms. The van der Waals surface area contributed by atoms with Gasteiger partial charge in [-0.2, -0.15) is 5.26 Å². The number of carbonyl (C=O) groups is 1. The number of amides is 1. The quantitative estimate of drug-likeness (QED) is 0.716. The van der Waals surface area contributed by atoms with E-state index in [4.69, 9.17) is 5.26 Å². The second-order valence-corrected chi connectivity index (χ2v) is 4.70. The van der Waals surface area contributed by atoms with Crippen molar-refractivity contribution in [3.05, 3.63) is 47.0 Å². The average molecular weight is 252 g/mol. The number of hydrogen-bond acceptors (Lipinski definition) is 3. The van der Waals surface area contributed by atoms with Crippen molar-refractivity contribution in [2.75, 3.05) is 7.05 Å². The van der Waals surface area contributed by atoms with Gasteiger partial charge < -0.3 is 4.90 Å². The van der Waals surface area contributed by atoms with Crippen LogP contribution in [0.25, 0.3) is 5.69 Å². The zero-order valence-corrected chi connectivity index (χ0v) is 10.7. The Bertz CT molecular complexity index is 724. The van der Waals surface area contributed by atoms with Crippen LogP contribution in [0.1, 0.15) is 27.3 Å². The van der Waals surface area contributed by atoms with Gasteiger partial charge in [-0.15, -0.1) is 0 Å². The molecule has 1 aromatic heterocycles. The fourth-order valence-corrected chi connectivity index (χ4v) is 2.36. The summed E-state index contributed by atoms with van der Waals surface area (Å²) >= 11 is 0. The van der Waals surface area contributed by atoms with Crippen molar-refractivity contribution in [1.29, 1.82) is 5.26 Å². The third-order valence-corrected chi connectivity index (χ3v) is 3.35. The molecule has 0 N–H and O–H groups in total. The van der Waals surface area contributed by atoms with Gasteiger partial charge in [-0.1, -0.05) is 11.6 Å². The lowest BCUT2D eigenvalue weighted by atomic mass is 10.1. The predicted molar refractivity (Wildman–Crippen MR) is 68.8 cm³/mol. The minimum atomic E-state index is -0.0358. The maximum absolute atomic E-state index is 12.4. The van der Waals surface area contributed by atoms with Crippen LogP contribution in [-0.4, -0.2) is 27.4 Å². The normalized spacial score (nSPS) is 13.5. The number of hydrogen-bond donors (Lipinski definition) is 0. The fraction of sp³-hybridized carbons (Fsp3) is 0.214. The van der Waals surface area contributed by atoms with Gasteiger partial charge >= 0.3 is 0 Å². The van der Waals surface area contributed by atoms with Crippen molar-refractivity contribution in [2.24, 2.45) is 0 Å². The molecule has 0 spiro atoms. The molecular formula is C14H12N4O. The zero-order valence-electron chi connectivity index (χ0n) is 10.7. The summed E-state index contributed by atoms with van der Waals surface area (Å²) in [6.45, 7) is 2.34. The summed E-state index contributed by atoms with van der Waals surface area (Å²) in [6.07, 6.45) is 1.61. The summed E-state index contributed by atoms with van der Waals surface area (Å²) < 4.78 is 1.83. The summed E-state index contributed by atoms with van der Waals surface area (Å²) in [7, 11) is 1.73. The molecule has 94 valence electrons. The first kappa shape index (κ1) is 11.5. The highest BCUT2D eigenvalue weighted by Gasteiger charge is 2.25. The van der Waals surface area contributed by atoms with Crippen LogP contribution < -0.4 is 0 Å². The highest BCUT2D eigenvalue weighted by atomic mass is 16.2. The molecule has 0 unspecified atom stereocenters. The van der Waals surface area contributed by atoms with Crippen LogP contribution in [-0.2, 0) is 6.54 Å². The summed E-state index contributed by atoms with van der Waals surface area (Å²) in [6, 6.07) is 7.79. The SMILES string of the molecule is Cc1ccc2c(c1)C(=O)N(C)Cc1c(C#N)ncn1-2. The second kappa shape index (κ2) is 3.95. The highest BCUT2D eigenvalue weighted by molar-refractivity contribution is 5.98. The Hall–Kier alpha value is -2.61. The van der Waals surface area contributed by atoms with Gasteiger partial charge in [0.25, 0.3) is 5.91 Å². The Labute approximate surface area is 110 Å². The average Bonchev–Trinajstić information content (AvgIpc) is 2.76. The van der Waals surface area contributed by atoms with E-state index < -0.39 is 0 Å². The van der Waals surface area contributed by atoms with Gasteiger partial charge in [-0.05, 0) is 19.1 Å². The van der Waals surface area contributed by atoms with E-state index in [-0.39, 0.29) is 5.91 Å². The first-order chi connectivity index (χ1) is 9.11. The Kier molecular flexibility index (Phi) is 2.39. The molecule has 0 radical (unpaired) electrons. The van der Waals surface area contributed by atoms with E-state index in [2.05, 4.69) is 11.1 Å². The smallest absolute Gasteiger partial charge is 0.256 e. The van der Waals surface area contributed by atoms with Crippen LogP contribution in [0.3, 0.4) is 0 Å². The molecule has 3 rings (SSSR count). The molecule has 5 heteroatoms. The van der Waals surface area contributed by atoms with Crippen LogP contribution in [0, 0.1) is 18.3 Å². The molecule has 0 atom stereocenters. The first-order valence-electron chi connectivity index (χ1n) is 5.94. The largest absolute Gasteiger partial charge is 0.336 e. The molecule has 0 fully saturated rings. The van der Waals surface area contributed by atoms with E-state index in [1.807, 2.05) is 29.7 Å². The van der Waals surface area contributed by atoms with Crippen molar-refractivity contribution in [1.82, 2.24) is 14.5 Å². The second-order valence-electron chi connectivity index (χ2n) is 4.70. The van der Waals surface area contributed by atoms with Gasteiger partial charge in [0, 0.05) is 7.05 Å². The lowest BCUT2D eigenvalue weighted by Gasteiger charge is -2.14. The maximum atomic E-state index is 12.4. The summed E-state index contributed by atoms with van der Waals surface area (Å²) in [4.78, 5) is 18.1. The summed E-state index contributed by atoms with van der Waals surface area (Å²) in [5.74, 6) is -0.0358. The number of fused-ring (bicyclic) bond motifs is 3. The van der Waals surface area contributed by atoms with Crippen LogP contribution in [0.2, 0.25) is 0 Å². The van der Waals surface area contributed by atoms with Crippen LogP contribution in [0.4, 0.5) is 0 Å². The van der Waals surface area contributed by atoms with Crippen molar-refractivity contribution in [2.45, 2.75) is 13.5 Å². The molecule has 1 aliphatic heterocycles. The number of aromatic nitrogens is 2. The van der Waals surface area contributed by atoms with E-state index in [1.165, 1.54) is 0 Å². The van der Waals surface area contributed by atoms with Crippen LogP contribution in [0.15, 0.2) is 24.5 Å². The Morgan fingerprint density at radius 2 is 2.21 bits per heavy atom. The van der Waals surface area contributed by atoms with E-state index in [1.54, 1.807) is 18.3 Å². The van der Waals surface area contributed by atoms with Crippen molar-refractivity contribution >= 4 is 5.91 Å². The number of carbonyl (C=O) groups excluding carboxylic acids is 1. The number of aryl methyl sites for hydroxylation is 1. The van der Waals surface area contributed by atoms with Gasteiger partial charge in [0.2, 0.25) is 0 Å². The van der Waals surface area contributed by atoms with E-state index in [9.17, 15) is 4.79 Å². The van der Waals surface area contributed by atoms with Gasteiger partial charge in [-0.3, -0.25) is 9.36 Å². The summed E-state index contributed by atoms with van der Waals surface area (Å²) in [5.41, 5.74) is 3.57. The highest BCUT2D eigenvalue weighted by Crippen LogP contribution is 2.25. The minimum absolute atomic E-state index is 0.0358. The van der Waals surface area contributed by atoms with Crippen LogP contribution >= 0.6 is 0 Å². The molecule has 1 aliphatic rings. The molecule has 5 nitrogen and oxygen atoms in total. The molecule has 1 amide bonds. The molecule has 0 saturated carbocycles. The van der Waals surface area contributed by atoms with E-state index in [0.29, 0.717) is 17.8 Å². The first-order valence-corrected chi connectivity index (χ1v) is 5.94. The van der Waals surface area contributed by atoms with Gasteiger partial charge in [0.05, 0.1) is 23.5 Å². The molecule has 2 heterocycles. The number of nitrogens with zero attached hydrogens (tertiary/aromatic N) is 4. The predicted octanol–water partition coefficient (Wildman–Crippen LogP) is 1.64. The number of imidazole rings is 1. The number of rotatable bonds is 0. The molecular weight excluding hydrogens is 240 g/mol. The third-order valence-electron chi connectivity index (χ3n) is 3.35. The zero-order chi connectivity index (χ0) is 13.6. The van der Waals surface area contributed by atoms with Crippen molar-refractivity contribution < 1.29 is 4.79 Å². The number of nitriles is 1. The monoisotopic (exact) mass is 252 g/mol. The maximum Gasteiger partial charge on any atom is 0.256 e. The van der Waals surface area contributed by atoms with Crippen molar-refractivity contribution in [3.8, 4) is 11.8 Å². The van der Waals surface area contributed by atoms with Gasteiger partial charge in [0.1, 0.15) is 12.4 Å². The fourth-order valence-electron chi connectivity index (χ4n) is 2.36. The van der Waals surface area contributed by atoms with E-state index in [0.717, 1.165) is 16.9 Å². The topological polar surface area (TPSA) is 61.9 Å². The Balaban J connectivity index is 2.33. The molecule has 19 heavy (non-hydrogen) atoms. The molecule has 0 aliphatic carbocycles. The standard InChI is InChI=1S/C14H12N4O/c1-9-3-4-12-10(5-9)14(19)17(2)7-13-11(6-15)16-8-18(12)13/h3-5,8H,7H2,1-2H3. The Morgan fingerprint density at radius 3 is 2.95 bits per heavy atom. The minimum Gasteiger partial charge on any atom is -0.336 e. The lowest BCUT2D eigenvalue weighted by Crippen LogP contribution is -2.25. The molecule has 1 aromatic carbocycles. The van der Waals surface area contributed by atoms with Gasteiger partial charge in [-0.25, -0.2) is 4.98 Å². The molecule has 2 aromatic rings. The Morgan fingerprint density at radius 1 is 1.42 bits per heavy atom. The van der Waals surface area contributed by atoms with E-state index >= 15 is 0 Å².